The van der Waals surface area contributed by atoms with Crippen molar-refractivity contribution in [3.05, 3.63) is 30.5 Å². The standard InChI is InChI=1S/C8H8N4O/c13-5-7-4-12(6-11-7)8-3-9-1-2-10-8/h1-5,11H,6H2. The Bertz CT molecular complexity index is 335. The zero-order valence-corrected chi connectivity index (χ0v) is 6.84. The highest BCUT2D eigenvalue weighted by atomic mass is 16.1. The number of rotatable bonds is 2. The number of carbonyl (C=O) groups is 1. The lowest BCUT2D eigenvalue weighted by Gasteiger charge is -2.11. The van der Waals surface area contributed by atoms with E-state index in [2.05, 4.69) is 15.3 Å². The molecule has 1 aromatic rings. The molecule has 0 amide bonds. The van der Waals surface area contributed by atoms with Gasteiger partial charge in [-0.1, -0.05) is 0 Å². The number of nitrogens with zero attached hydrogens (tertiary/aromatic N) is 3. The van der Waals surface area contributed by atoms with Crippen LogP contribution in [0.2, 0.25) is 0 Å². The molecule has 0 fully saturated rings. The molecule has 0 radical (unpaired) electrons. The molecule has 1 aliphatic rings. The van der Waals surface area contributed by atoms with Gasteiger partial charge >= 0.3 is 0 Å². The summed E-state index contributed by atoms with van der Waals surface area (Å²) in [5.74, 6) is 0.729. The van der Waals surface area contributed by atoms with Crippen molar-refractivity contribution >= 4 is 12.1 Å². The number of carbonyl (C=O) groups excluding carboxylic acids is 1. The molecule has 0 saturated heterocycles. The van der Waals surface area contributed by atoms with Crippen molar-refractivity contribution in [3.63, 3.8) is 0 Å². The lowest BCUT2D eigenvalue weighted by Crippen LogP contribution is -2.21. The molecular weight excluding hydrogens is 168 g/mol. The summed E-state index contributed by atoms with van der Waals surface area (Å²) in [6.07, 6.45) is 7.35. The number of hydrogen-bond acceptors (Lipinski definition) is 5. The van der Waals surface area contributed by atoms with Crippen LogP contribution < -0.4 is 10.2 Å². The lowest BCUT2D eigenvalue weighted by molar-refractivity contribution is -0.105. The number of hydrogen-bond donors (Lipinski definition) is 1. The van der Waals surface area contributed by atoms with Crippen molar-refractivity contribution in [1.29, 1.82) is 0 Å². The molecule has 0 bridgehead atoms. The van der Waals surface area contributed by atoms with Gasteiger partial charge < -0.3 is 10.2 Å². The van der Waals surface area contributed by atoms with E-state index in [1.165, 1.54) is 0 Å². The Balaban J connectivity index is 2.21. The van der Waals surface area contributed by atoms with E-state index in [4.69, 9.17) is 0 Å². The molecule has 0 aromatic carbocycles. The van der Waals surface area contributed by atoms with Crippen molar-refractivity contribution in [2.45, 2.75) is 0 Å². The summed E-state index contributed by atoms with van der Waals surface area (Å²) in [5.41, 5.74) is 0.561. The molecule has 0 unspecified atom stereocenters. The monoisotopic (exact) mass is 176 g/mol. The number of aldehydes is 1. The Labute approximate surface area is 75.1 Å². The second-order valence-corrected chi connectivity index (χ2v) is 2.57. The molecule has 2 rings (SSSR count). The zero-order chi connectivity index (χ0) is 9.10. The summed E-state index contributed by atoms with van der Waals surface area (Å²) in [6.45, 7) is 0.562. The molecule has 1 aromatic heterocycles. The molecular formula is C8H8N4O. The molecule has 1 aliphatic heterocycles. The fraction of sp³-hybridized carbons (Fsp3) is 0.125. The molecule has 0 spiro atoms. The fourth-order valence-electron chi connectivity index (χ4n) is 1.09. The van der Waals surface area contributed by atoms with Crippen LogP contribution in [0, 0.1) is 0 Å². The van der Waals surface area contributed by atoms with Crippen LogP contribution >= 0.6 is 0 Å². The molecule has 13 heavy (non-hydrogen) atoms. The van der Waals surface area contributed by atoms with Gasteiger partial charge in [0.05, 0.1) is 18.6 Å². The first-order valence-electron chi connectivity index (χ1n) is 3.83. The predicted molar refractivity (Wildman–Crippen MR) is 46.7 cm³/mol. The summed E-state index contributed by atoms with van der Waals surface area (Å²) in [5, 5.41) is 2.91. The highest BCUT2D eigenvalue weighted by molar-refractivity contribution is 5.74. The van der Waals surface area contributed by atoms with Crippen LogP contribution in [-0.4, -0.2) is 22.9 Å². The van der Waals surface area contributed by atoms with Crippen LogP contribution in [-0.2, 0) is 4.79 Å². The quantitative estimate of drug-likeness (QED) is 0.637. The SMILES string of the molecule is O=CC1=CN(c2cnccn2)CN1. The van der Waals surface area contributed by atoms with Gasteiger partial charge in [0.2, 0.25) is 0 Å². The highest BCUT2D eigenvalue weighted by Crippen LogP contribution is 2.11. The van der Waals surface area contributed by atoms with Gasteiger partial charge in [-0.25, -0.2) is 4.98 Å². The van der Waals surface area contributed by atoms with Crippen LogP contribution in [0.3, 0.4) is 0 Å². The average Bonchev–Trinajstić information content (AvgIpc) is 2.67. The van der Waals surface area contributed by atoms with E-state index >= 15 is 0 Å². The summed E-state index contributed by atoms with van der Waals surface area (Å²) in [4.78, 5) is 20.2. The summed E-state index contributed by atoms with van der Waals surface area (Å²) < 4.78 is 0. The molecule has 5 nitrogen and oxygen atoms in total. The summed E-state index contributed by atoms with van der Waals surface area (Å²) >= 11 is 0. The second-order valence-electron chi connectivity index (χ2n) is 2.57. The van der Waals surface area contributed by atoms with E-state index < -0.39 is 0 Å². The van der Waals surface area contributed by atoms with Crippen molar-refractivity contribution in [3.8, 4) is 0 Å². The third-order valence-corrected chi connectivity index (χ3v) is 1.72. The third-order valence-electron chi connectivity index (χ3n) is 1.72. The topological polar surface area (TPSA) is 58.1 Å². The number of allylic oxidation sites excluding steroid dienone is 1. The zero-order valence-electron chi connectivity index (χ0n) is 6.84. The van der Waals surface area contributed by atoms with Crippen LogP contribution in [0.15, 0.2) is 30.5 Å². The van der Waals surface area contributed by atoms with Crippen LogP contribution in [0.4, 0.5) is 5.82 Å². The van der Waals surface area contributed by atoms with Gasteiger partial charge in [-0.3, -0.25) is 9.78 Å². The average molecular weight is 176 g/mol. The van der Waals surface area contributed by atoms with Crippen molar-refractivity contribution < 1.29 is 4.79 Å². The predicted octanol–water partition coefficient (Wildman–Crippen LogP) is -0.116. The van der Waals surface area contributed by atoms with E-state index in [1.54, 1.807) is 24.8 Å². The number of aromatic nitrogens is 2. The van der Waals surface area contributed by atoms with Gasteiger partial charge in [0, 0.05) is 18.6 Å². The van der Waals surface area contributed by atoms with E-state index in [1.807, 2.05) is 4.90 Å². The molecule has 2 heterocycles. The third kappa shape index (κ3) is 1.48. The Morgan fingerprint density at radius 3 is 3.08 bits per heavy atom. The van der Waals surface area contributed by atoms with Crippen molar-refractivity contribution in [2.75, 3.05) is 11.6 Å². The molecule has 66 valence electrons. The maximum absolute atomic E-state index is 10.4. The Kier molecular flexibility index (Phi) is 1.91. The minimum atomic E-state index is 0.561. The summed E-state index contributed by atoms with van der Waals surface area (Å²) in [7, 11) is 0. The fourth-order valence-corrected chi connectivity index (χ4v) is 1.09. The largest absolute Gasteiger partial charge is 0.364 e. The van der Waals surface area contributed by atoms with Gasteiger partial charge in [-0.15, -0.1) is 0 Å². The minimum Gasteiger partial charge on any atom is -0.364 e. The van der Waals surface area contributed by atoms with Crippen LogP contribution in [0.1, 0.15) is 0 Å². The van der Waals surface area contributed by atoms with Crippen LogP contribution in [0.5, 0.6) is 0 Å². The smallest absolute Gasteiger partial charge is 0.167 e. The molecule has 0 atom stereocenters. The highest BCUT2D eigenvalue weighted by Gasteiger charge is 2.12. The Morgan fingerprint density at radius 2 is 2.46 bits per heavy atom. The maximum atomic E-state index is 10.4. The molecule has 0 aliphatic carbocycles. The van der Waals surface area contributed by atoms with Gasteiger partial charge in [0.25, 0.3) is 0 Å². The van der Waals surface area contributed by atoms with Gasteiger partial charge in [-0.05, 0) is 0 Å². The summed E-state index contributed by atoms with van der Waals surface area (Å²) in [6, 6.07) is 0. The van der Waals surface area contributed by atoms with E-state index in [0.29, 0.717) is 12.4 Å². The minimum absolute atomic E-state index is 0.561. The first kappa shape index (κ1) is 7.72. The number of nitrogens with one attached hydrogen (secondary N) is 1. The van der Waals surface area contributed by atoms with Crippen molar-refractivity contribution in [1.82, 2.24) is 15.3 Å². The van der Waals surface area contributed by atoms with Gasteiger partial charge in [0.1, 0.15) is 0 Å². The molecule has 1 N–H and O–H groups in total. The lowest BCUT2D eigenvalue weighted by atomic mass is 10.5. The Hall–Kier alpha value is -1.91. The van der Waals surface area contributed by atoms with E-state index in [-0.39, 0.29) is 0 Å². The Morgan fingerprint density at radius 1 is 1.54 bits per heavy atom. The van der Waals surface area contributed by atoms with Crippen molar-refractivity contribution in [2.24, 2.45) is 0 Å². The second kappa shape index (κ2) is 3.22. The normalized spacial score (nSPS) is 15.1. The van der Waals surface area contributed by atoms with Gasteiger partial charge in [0.15, 0.2) is 12.1 Å². The van der Waals surface area contributed by atoms with E-state index in [0.717, 1.165) is 12.1 Å². The first-order chi connectivity index (χ1) is 6.40. The molecule has 5 heteroatoms. The number of anilines is 1. The van der Waals surface area contributed by atoms with Crippen LogP contribution in [0.25, 0.3) is 0 Å². The maximum Gasteiger partial charge on any atom is 0.167 e. The molecule has 0 saturated carbocycles. The first-order valence-corrected chi connectivity index (χ1v) is 3.83. The van der Waals surface area contributed by atoms with E-state index in [9.17, 15) is 4.79 Å². The van der Waals surface area contributed by atoms with Gasteiger partial charge in [-0.2, -0.15) is 0 Å².